The molecule has 4 rings (SSSR count). The second-order valence-corrected chi connectivity index (χ2v) is 8.28. The highest BCUT2D eigenvalue weighted by atomic mass is 14.9. The third kappa shape index (κ3) is 2.94. The van der Waals surface area contributed by atoms with Gasteiger partial charge in [-0.1, -0.05) is 75.9 Å². The van der Waals surface area contributed by atoms with Crippen molar-refractivity contribution in [1.82, 2.24) is 0 Å². The number of aromatic nitrogens is 1. The zero-order valence-electron chi connectivity index (χ0n) is 16.6. The second kappa shape index (κ2) is 6.35. The molecule has 134 valence electrons. The lowest BCUT2D eigenvalue weighted by molar-refractivity contribution is -0.659. The lowest BCUT2D eigenvalue weighted by Crippen LogP contribution is -2.31. The summed E-state index contributed by atoms with van der Waals surface area (Å²) in [6, 6.07) is 22.1. The average Bonchev–Trinajstić information content (AvgIpc) is 2.66. The molecule has 1 heteroatoms. The summed E-state index contributed by atoms with van der Waals surface area (Å²) in [4.78, 5) is 0. The van der Waals surface area contributed by atoms with E-state index in [1.807, 2.05) is 6.08 Å². The topological polar surface area (TPSA) is 3.88 Å². The Balaban J connectivity index is 2.11. The Morgan fingerprint density at radius 1 is 0.852 bits per heavy atom. The number of hydrogen-bond donors (Lipinski definition) is 0. The molecule has 0 spiro atoms. The van der Waals surface area contributed by atoms with Crippen LogP contribution in [0.15, 0.2) is 73.4 Å². The van der Waals surface area contributed by atoms with E-state index in [1.165, 1.54) is 43.9 Å². The summed E-state index contributed by atoms with van der Waals surface area (Å²) in [5, 5.41) is 5.13. The van der Waals surface area contributed by atoms with Crippen molar-refractivity contribution in [2.24, 2.45) is 7.05 Å². The highest BCUT2D eigenvalue weighted by Gasteiger charge is 2.22. The number of aryl methyl sites for hydroxylation is 1. The molecule has 27 heavy (non-hydrogen) atoms. The summed E-state index contributed by atoms with van der Waals surface area (Å²) >= 11 is 0. The van der Waals surface area contributed by atoms with E-state index in [0.717, 1.165) is 0 Å². The first kappa shape index (κ1) is 17.5. The van der Waals surface area contributed by atoms with Gasteiger partial charge in [0.15, 0.2) is 6.20 Å². The van der Waals surface area contributed by atoms with Crippen LogP contribution in [-0.2, 0) is 12.5 Å². The molecule has 1 aromatic heterocycles. The van der Waals surface area contributed by atoms with Gasteiger partial charge in [0.05, 0.1) is 10.9 Å². The smallest absolute Gasteiger partial charge is 0.200 e. The van der Waals surface area contributed by atoms with Crippen LogP contribution in [0.4, 0.5) is 0 Å². The van der Waals surface area contributed by atoms with E-state index in [2.05, 4.69) is 106 Å². The zero-order valence-corrected chi connectivity index (χ0v) is 16.6. The molecule has 4 aromatic rings. The molecule has 0 amide bonds. The molecule has 0 aliphatic rings. The summed E-state index contributed by atoms with van der Waals surface area (Å²) in [7, 11) is 2.13. The van der Waals surface area contributed by atoms with Crippen LogP contribution >= 0.6 is 0 Å². The summed E-state index contributed by atoms with van der Waals surface area (Å²) < 4.78 is 2.23. The van der Waals surface area contributed by atoms with Gasteiger partial charge in [0.2, 0.25) is 5.69 Å². The van der Waals surface area contributed by atoms with E-state index in [0.29, 0.717) is 0 Å². The third-order valence-electron chi connectivity index (χ3n) is 5.44. The van der Waals surface area contributed by atoms with Crippen molar-refractivity contribution in [1.29, 1.82) is 0 Å². The van der Waals surface area contributed by atoms with Crippen molar-refractivity contribution in [2.75, 3.05) is 0 Å². The maximum absolute atomic E-state index is 4.06. The highest BCUT2D eigenvalue weighted by molar-refractivity contribution is 6.10. The molecular formula is C26H26N+. The quantitative estimate of drug-likeness (QED) is 0.289. The van der Waals surface area contributed by atoms with Crippen molar-refractivity contribution in [3.05, 3.63) is 84.6 Å². The van der Waals surface area contributed by atoms with Crippen molar-refractivity contribution in [3.8, 4) is 11.3 Å². The number of hydrogen-bond acceptors (Lipinski definition) is 0. The van der Waals surface area contributed by atoms with Crippen molar-refractivity contribution < 1.29 is 4.57 Å². The van der Waals surface area contributed by atoms with Crippen LogP contribution in [0, 0.1) is 0 Å². The zero-order chi connectivity index (χ0) is 19.2. The molecule has 0 aliphatic heterocycles. The average molecular weight is 353 g/mol. The van der Waals surface area contributed by atoms with E-state index in [4.69, 9.17) is 0 Å². The fourth-order valence-electron chi connectivity index (χ4n) is 3.87. The van der Waals surface area contributed by atoms with Crippen molar-refractivity contribution in [3.63, 3.8) is 0 Å². The largest absolute Gasteiger partial charge is 0.220 e. The molecule has 0 unspecified atom stereocenters. The van der Waals surface area contributed by atoms with Crippen LogP contribution in [0.1, 0.15) is 31.9 Å². The fraction of sp³-hybridized carbons (Fsp3) is 0.192. The normalized spacial score (nSPS) is 11.9. The van der Waals surface area contributed by atoms with Crippen molar-refractivity contribution in [2.45, 2.75) is 26.2 Å². The molecular weight excluding hydrogens is 326 g/mol. The Kier molecular flexibility index (Phi) is 4.11. The molecule has 0 bridgehead atoms. The monoisotopic (exact) mass is 352 g/mol. The summed E-state index contributed by atoms with van der Waals surface area (Å²) in [6.45, 7) is 10.8. The van der Waals surface area contributed by atoms with Gasteiger partial charge < -0.3 is 0 Å². The van der Waals surface area contributed by atoms with Gasteiger partial charge in [-0.2, -0.15) is 0 Å². The summed E-state index contributed by atoms with van der Waals surface area (Å²) in [6.07, 6.45) is 4.13. The maximum Gasteiger partial charge on any atom is 0.220 e. The number of rotatable bonds is 2. The van der Waals surface area contributed by atoms with Gasteiger partial charge in [-0.3, -0.25) is 0 Å². The highest BCUT2D eigenvalue weighted by Crippen LogP contribution is 2.35. The molecule has 0 aliphatic carbocycles. The van der Waals surface area contributed by atoms with Gasteiger partial charge in [0.1, 0.15) is 7.05 Å². The predicted molar refractivity (Wildman–Crippen MR) is 117 cm³/mol. The number of fused-ring (bicyclic) bond motifs is 3. The third-order valence-corrected chi connectivity index (χ3v) is 5.44. The van der Waals surface area contributed by atoms with Crippen LogP contribution in [-0.4, -0.2) is 0 Å². The van der Waals surface area contributed by atoms with Crippen LogP contribution in [0.2, 0.25) is 0 Å². The Bertz CT molecular complexity index is 1180. The lowest BCUT2D eigenvalue weighted by atomic mass is 9.84. The Hall–Kier alpha value is -2.93. The predicted octanol–water partition coefficient (Wildman–Crippen LogP) is 6.43. The summed E-state index contributed by atoms with van der Waals surface area (Å²) in [5.41, 5.74) is 5.07. The first-order valence-electron chi connectivity index (χ1n) is 9.47. The van der Waals surface area contributed by atoms with Gasteiger partial charge in [-0.05, 0) is 39.4 Å². The van der Waals surface area contributed by atoms with Gasteiger partial charge in [-0.25, -0.2) is 4.57 Å². The SMILES string of the molecule is C=Cc1ccc(C(C)(C)C)cc1-c1c2ccc3ccccc3c2cc[n+]1C. The van der Waals surface area contributed by atoms with Crippen LogP contribution in [0.5, 0.6) is 0 Å². The van der Waals surface area contributed by atoms with E-state index in [-0.39, 0.29) is 5.41 Å². The minimum atomic E-state index is 0.101. The van der Waals surface area contributed by atoms with Crippen LogP contribution in [0.3, 0.4) is 0 Å². The van der Waals surface area contributed by atoms with Gasteiger partial charge >= 0.3 is 0 Å². The molecule has 0 saturated carbocycles. The van der Waals surface area contributed by atoms with E-state index in [1.54, 1.807) is 0 Å². The maximum atomic E-state index is 4.06. The van der Waals surface area contributed by atoms with Gasteiger partial charge in [-0.15, -0.1) is 0 Å². The van der Waals surface area contributed by atoms with Crippen molar-refractivity contribution >= 4 is 27.6 Å². The van der Waals surface area contributed by atoms with Gasteiger partial charge in [0.25, 0.3) is 0 Å². The molecule has 3 aromatic carbocycles. The number of pyridine rings is 1. The fourth-order valence-corrected chi connectivity index (χ4v) is 3.87. The standard InChI is InChI=1S/C26H26N/c1-6-18-11-13-20(26(2,3)4)17-24(18)25-23-14-12-19-9-7-8-10-21(19)22(23)15-16-27(25)5/h6-17H,1H2,2-5H3/q+1. The van der Waals surface area contributed by atoms with E-state index < -0.39 is 0 Å². The molecule has 1 nitrogen and oxygen atoms in total. The minimum Gasteiger partial charge on any atom is -0.200 e. The van der Waals surface area contributed by atoms with E-state index >= 15 is 0 Å². The Morgan fingerprint density at radius 3 is 2.37 bits per heavy atom. The molecule has 0 saturated heterocycles. The summed E-state index contributed by atoms with van der Waals surface area (Å²) in [5.74, 6) is 0. The van der Waals surface area contributed by atoms with Crippen LogP contribution in [0.25, 0.3) is 38.9 Å². The molecule has 0 atom stereocenters. The molecule has 1 heterocycles. The minimum absolute atomic E-state index is 0.101. The molecule has 0 radical (unpaired) electrons. The molecule has 0 fully saturated rings. The number of nitrogens with zero attached hydrogens (tertiary/aromatic N) is 1. The first-order valence-corrected chi connectivity index (χ1v) is 9.47. The Morgan fingerprint density at radius 2 is 1.63 bits per heavy atom. The number of benzene rings is 3. The van der Waals surface area contributed by atoms with Crippen LogP contribution < -0.4 is 4.57 Å². The van der Waals surface area contributed by atoms with E-state index in [9.17, 15) is 0 Å². The second-order valence-electron chi connectivity index (χ2n) is 8.28. The lowest BCUT2D eigenvalue weighted by Gasteiger charge is -2.20. The first-order chi connectivity index (χ1) is 12.9. The van der Waals surface area contributed by atoms with Gasteiger partial charge in [0, 0.05) is 11.5 Å². The Labute approximate surface area is 161 Å². The molecule has 0 N–H and O–H groups in total.